The van der Waals surface area contributed by atoms with E-state index in [1.807, 2.05) is 13.8 Å². The summed E-state index contributed by atoms with van der Waals surface area (Å²) in [7, 11) is 2.83. The number of ether oxygens (including phenoxy) is 2. The van der Waals surface area contributed by atoms with E-state index in [2.05, 4.69) is 15.6 Å². The van der Waals surface area contributed by atoms with Gasteiger partial charge in [-0.05, 0) is 32.0 Å². The Morgan fingerprint density at radius 1 is 1.17 bits per heavy atom. The molecule has 1 heterocycles. The Balaban J connectivity index is 1.93. The van der Waals surface area contributed by atoms with Crippen LogP contribution in [-0.2, 0) is 0 Å². The molecule has 156 valence electrons. The molecule has 30 heavy (non-hydrogen) atoms. The van der Waals surface area contributed by atoms with Crippen molar-refractivity contribution in [3.8, 4) is 17.2 Å². The molecule has 0 unspecified atom stereocenters. The summed E-state index contributed by atoms with van der Waals surface area (Å²) in [6.07, 6.45) is 1.38. The largest absolute Gasteiger partial charge is 0.502 e. The molecule has 3 aromatic rings. The zero-order valence-corrected chi connectivity index (χ0v) is 17.0. The number of amides is 1. The van der Waals surface area contributed by atoms with Crippen LogP contribution in [0.1, 0.15) is 35.9 Å². The number of nitrogens with one attached hydrogen (secondary N) is 1. The normalized spacial score (nSPS) is 11.2. The van der Waals surface area contributed by atoms with E-state index in [0.29, 0.717) is 16.3 Å². The van der Waals surface area contributed by atoms with Gasteiger partial charge < -0.3 is 14.6 Å². The summed E-state index contributed by atoms with van der Waals surface area (Å²) in [5.41, 5.74) is 2.79. The number of aromatic nitrogens is 2. The van der Waals surface area contributed by atoms with Gasteiger partial charge in [-0.25, -0.2) is 10.1 Å². The van der Waals surface area contributed by atoms with Crippen molar-refractivity contribution in [1.82, 2.24) is 15.2 Å². The van der Waals surface area contributed by atoms with Crippen molar-refractivity contribution in [1.29, 1.82) is 0 Å². The number of nitrogens with zero attached hydrogens (tertiary/aromatic N) is 3. The van der Waals surface area contributed by atoms with Gasteiger partial charge in [0.05, 0.1) is 31.9 Å². The summed E-state index contributed by atoms with van der Waals surface area (Å²) in [4.78, 5) is 25.3. The molecule has 0 radical (unpaired) electrons. The second-order valence-electron chi connectivity index (χ2n) is 6.71. The number of rotatable bonds is 6. The number of carbonyl (C=O) groups is 1. The molecular formula is C21H22N4O5. The summed E-state index contributed by atoms with van der Waals surface area (Å²) >= 11 is 0. The molecule has 2 aromatic carbocycles. The topological polar surface area (TPSA) is 115 Å². The van der Waals surface area contributed by atoms with E-state index in [-0.39, 0.29) is 34.5 Å². The highest BCUT2D eigenvalue weighted by Crippen LogP contribution is 2.36. The Hall–Kier alpha value is -3.88. The average molecular weight is 410 g/mol. The molecule has 0 saturated heterocycles. The molecule has 2 N–H and O–H groups in total. The van der Waals surface area contributed by atoms with Gasteiger partial charge in [0.25, 0.3) is 11.5 Å². The summed E-state index contributed by atoms with van der Waals surface area (Å²) in [6, 6.07) is 9.67. The number of aromatic hydroxyl groups is 1. The molecule has 9 heteroatoms. The van der Waals surface area contributed by atoms with Crippen molar-refractivity contribution in [2.75, 3.05) is 14.2 Å². The van der Waals surface area contributed by atoms with Gasteiger partial charge in [-0.3, -0.25) is 9.59 Å². The molecule has 0 aliphatic carbocycles. The lowest BCUT2D eigenvalue weighted by Crippen LogP contribution is -2.30. The maximum Gasteiger partial charge on any atom is 0.292 e. The first-order chi connectivity index (χ1) is 14.4. The van der Waals surface area contributed by atoms with Crippen LogP contribution in [-0.4, -0.2) is 41.2 Å². The van der Waals surface area contributed by atoms with Crippen molar-refractivity contribution in [3.63, 3.8) is 0 Å². The van der Waals surface area contributed by atoms with Gasteiger partial charge in [0.2, 0.25) is 5.75 Å². The van der Waals surface area contributed by atoms with Crippen LogP contribution >= 0.6 is 0 Å². The average Bonchev–Trinajstić information content (AvgIpc) is 2.74. The number of carbonyl (C=O) groups excluding carboxylic acids is 1. The van der Waals surface area contributed by atoms with Crippen LogP contribution in [0.5, 0.6) is 17.2 Å². The predicted molar refractivity (Wildman–Crippen MR) is 113 cm³/mol. The standard InChI is InChI=1S/C21H22N4O5/c1-12(2)25-21(28)15-8-6-5-7-14(15)18(24-25)20(27)23-22-11-13-9-16(29-3)19(26)17(10-13)30-4/h5-12,26H,1-4H3,(H,23,27)/b22-11+. The Kier molecular flexibility index (Phi) is 6.01. The van der Waals surface area contributed by atoms with Gasteiger partial charge in [0.15, 0.2) is 17.2 Å². The second kappa shape index (κ2) is 8.64. The third kappa shape index (κ3) is 3.95. The number of fused-ring (bicyclic) bond motifs is 1. The van der Waals surface area contributed by atoms with Crippen LogP contribution in [0.4, 0.5) is 0 Å². The Morgan fingerprint density at radius 2 is 1.77 bits per heavy atom. The number of hydrogen-bond donors (Lipinski definition) is 2. The maximum atomic E-state index is 12.7. The Labute approximate surface area is 172 Å². The molecule has 0 fully saturated rings. The number of hydrogen-bond acceptors (Lipinski definition) is 7. The molecule has 1 amide bonds. The van der Waals surface area contributed by atoms with E-state index < -0.39 is 5.91 Å². The lowest BCUT2D eigenvalue weighted by molar-refractivity contribution is 0.0949. The molecular weight excluding hydrogens is 388 g/mol. The van der Waals surface area contributed by atoms with Crippen molar-refractivity contribution in [3.05, 3.63) is 58.0 Å². The molecule has 1 aromatic heterocycles. The van der Waals surface area contributed by atoms with Crippen LogP contribution in [0.2, 0.25) is 0 Å². The number of methoxy groups -OCH3 is 2. The molecule has 9 nitrogen and oxygen atoms in total. The lowest BCUT2D eigenvalue weighted by Gasteiger charge is -2.12. The predicted octanol–water partition coefficient (Wildman–Crippen LogP) is 2.46. The minimum atomic E-state index is -0.561. The Bertz CT molecular complexity index is 1160. The minimum absolute atomic E-state index is 0.0944. The van der Waals surface area contributed by atoms with Gasteiger partial charge in [-0.1, -0.05) is 18.2 Å². The first kappa shape index (κ1) is 20.8. The number of hydrazone groups is 1. The summed E-state index contributed by atoms with van der Waals surface area (Å²) in [5.74, 6) is -0.278. The second-order valence-corrected chi connectivity index (χ2v) is 6.71. The third-order valence-electron chi connectivity index (χ3n) is 4.41. The third-order valence-corrected chi connectivity index (χ3v) is 4.41. The SMILES string of the molecule is COc1cc(/C=N/NC(=O)c2nn(C(C)C)c(=O)c3ccccc23)cc(OC)c1O. The molecule has 3 rings (SSSR count). The van der Waals surface area contributed by atoms with Crippen LogP contribution in [0.3, 0.4) is 0 Å². The van der Waals surface area contributed by atoms with Gasteiger partial charge in [0.1, 0.15) is 0 Å². The first-order valence-electron chi connectivity index (χ1n) is 9.17. The van der Waals surface area contributed by atoms with Crippen LogP contribution in [0, 0.1) is 0 Å². The van der Waals surface area contributed by atoms with E-state index in [9.17, 15) is 14.7 Å². The van der Waals surface area contributed by atoms with Gasteiger partial charge in [-0.15, -0.1) is 0 Å². The molecule has 0 spiro atoms. The molecule has 0 saturated carbocycles. The van der Waals surface area contributed by atoms with E-state index in [0.717, 1.165) is 0 Å². The van der Waals surface area contributed by atoms with Crippen LogP contribution in [0.25, 0.3) is 10.8 Å². The fourth-order valence-corrected chi connectivity index (χ4v) is 2.93. The molecule has 0 atom stereocenters. The summed E-state index contributed by atoms with van der Waals surface area (Å²) in [5, 5.41) is 19.0. The first-order valence-corrected chi connectivity index (χ1v) is 9.17. The van der Waals surface area contributed by atoms with Crippen molar-refractivity contribution >= 4 is 22.9 Å². The van der Waals surface area contributed by atoms with E-state index in [4.69, 9.17) is 9.47 Å². The van der Waals surface area contributed by atoms with Gasteiger partial charge in [0, 0.05) is 10.9 Å². The highest BCUT2D eigenvalue weighted by molar-refractivity contribution is 6.05. The van der Waals surface area contributed by atoms with E-state index >= 15 is 0 Å². The monoisotopic (exact) mass is 410 g/mol. The zero-order valence-electron chi connectivity index (χ0n) is 17.0. The smallest absolute Gasteiger partial charge is 0.292 e. The van der Waals surface area contributed by atoms with Gasteiger partial charge in [-0.2, -0.15) is 10.2 Å². The number of phenols is 1. The zero-order chi connectivity index (χ0) is 21.8. The maximum absolute atomic E-state index is 12.7. The quantitative estimate of drug-likeness (QED) is 0.477. The fourth-order valence-electron chi connectivity index (χ4n) is 2.93. The molecule has 0 aliphatic rings. The van der Waals surface area contributed by atoms with Crippen molar-refractivity contribution in [2.24, 2.45) is 5.10 Å². The molecule has 0 bridgehead atoms. The van der Waals surface area contributed by atoms with E-state index in [1.165, 1.54) is 25.1 Å². The summed E-state index contributed by atoms with van der Waals surface area (Å²) < 4.78 is 11.5. The highest BCUT2D eigenvalue weighted by atomic mass is 16.5. The number of benzene rings is 2. The summed E-state index contributed by atoms with van der Waals surface area (Å²) in [6.45, 7) is 3.63. The van der Waals surface area contributed by atoms with Crippen LogP contribution < -0.4 is 20.5 Å². The number of phenolic OH excluding ortho intramolecular Hbond substituents is 1. The van der Waals surface area contributed by atoms with Crippen molar-refractivity contribution in [2.45, 2.75) is 19.9 Å². The van der Waals surface area contributed by atoms with E-state index in [1.54, 1.807) is 36.4 Å². The fraction of sp³-hybridized carbons (Fsp3) is 0.238. The van der Waals surface area contributed by atoms with Gasteiger partial charge >= 0.3 is 0 Å². The molecule has 0 aliphatic heterocycles. The highest BCUT2D eigenvalue weighted by Gasteiger charge is 2.17. The Morgan fingerprint density at radius 3 is 2.33 bits per heavy atom. The lowest BCUT2D eigenvalue weighted by atomic mass is 10.1. The van der Waals surface area contributed by atoms with Crippen molar-refractivity contribution < 1.29 is 19.4 Å². The minimum Gasteiger partial charge on any atom is -0.502 e. The van der Waals surface area contributed by atoms with Crippen LogP contribution in [0.15, 0.2) is 46.3 Å².